The molecule has 390 valence electrons. The largest absolute Gasteiger partial charge is 0.472 e. The molecule has 67 heavy (non-hydrogen) atoms. The standard InChI is InChI=1S/C57H104NO8P/c1-3-5-7-9-11-13-15-16-17-18-19-20-21-22-23-24-25-26-27-28-29-30-31-32-33-34-35-36-37-38-40-42-44-46-48-50-57(60)66-55(54-65-67(61,62)64-52-51-58)53-63-56(59)49-47-45-43-41-39-14-12-10-8-6-4-2/h5,7,11,13,16-17,19-20,22-23,55H,3-4,6,8-10,12,14-15,18,21,24-54,58H2,1-2H3,(H,61,62)/b7-5-,13-11-,17-16-,20-19-,23-22-. The van der Waals surface area contributed by atoms with Gasteiger partial charge in [-0.25, -0.2) is 4.57 Å². The summed E-state index contributed by atoms with van der Waals surface area (Å²) in [5.41, 5.74) is 5.36. The minimum Gasteiger partial charge on any atom is -0.462 e. The van der Waals surface area contributed by atoms with E-state index >= 15 is 0 Å². The number of rotatable bonds is 52. The number of ether oxygens (including phenoxy) is 2. The summed E-state index contributed by atoms with van der Waals surface area (Å²) in [5, 5.41) is 0. The molecule has 0 amide bonds. The van der Waals surface area contributed by atoms with Gasteiger partial charge in [0.25, 0.3) is 0 Å². The zero-order chi connectivity index (χ0) is 48.8. The highest BCUT2D eigenvalue weighted by Gasteiger charge is 2.26. The molecule has 0 saturated heterocycles. The van der Waals surface area contributed by atoms with Gasteiger partial charge < -0.3 is 20.1 Å². The SMILES string of the molecule is CC/C=C\C/C=C\C/C=C\C/C=C\C/C=C\CCCCCCCCCCCCCCCCCCCCCC(=O)OC(COC(=O)CCCCCCCCCCCCC)COP(=O)(O)OCCN. The molecule has 2 atom stereocenters. The number of phosphoric ester groups is 1. The van der Waals surface area contributed by atoms with E-state index in [9.17, 15) is 19.0 Å². The second-order valence-electron chi connectivity index (χ2n) is 18.4. The van der Waals surface area contributed by atoms with Gasteiger partial charge in [-0.3, -0.25) is 18.6 Å². The second kappa shape index (κ2) is 53.1. The third kappa shape index (κ3) is 52.9. The maximum absolute atomic E-state index is 12.7. The van der Waals surface area contributed by atoms with E-state index < -0.39 is 26.5 Å². The van der Waals surface area contributed by atoms with Crippen LogP contribution in [0.4, 0.5) is 0 Å². The number of esters is 2. The van der Waals surface area contributed by atoms with Crippen molar-refractivity contribution in [3.8, 4) is 0 Å². The van der Waals surface area contributed by atoms with Gasteiger partial charge in [0.15, 0.2) is 6.10 Å². The van der Waals surface area contributed by atoms with Crippen LogP contribution in [0.25, 0.3) is 0 Å². The molecule has 0 aliphatic carbocycles. The normalized spacial score (nSPS) is 13.6. The first kappa shape index (κ1) is 64.7. The van der Waals surface area contributed by atoms with Crippen molar-refractivity contribution in [2.24, 2.45) is 5.73 Å². The van der Waals surface area contributed by atoms with Gasteiger partial charge in [-0.15, -0.1) is 0 Å². The van der Waals surface area contributed by atoms with Crippen molar-refractivity contribution in [2.75, 3.05) is 26.4 Å². The lowest BCUT2D eigenvalue weighted by Gasteiger charge is -2.19. The lowest BCUT2D eigenvalue weighted by atomic mass is 10.0. The Morgan fingerprint density at radius 2 is 0.821 bits per heavy atom. The molecule has 0 heterocycles. The van der Waals surface area contributed by atoms with Gasteiger partial charge in [0, 0.05) is 19.4 Å². The number of phosphoric acid groups is 1. The molecule has 0 bridgehead atoms. The smallest absolute Gasteiger partial charge is 0.462 e. The number of carbonyl (C=O) groups excluding carboxylic acids is 2. The van der Waals surface area contributed by atoms with Gasteiger partial charge >= 0.3 is 19.8 Å². The molecular weight excluding hydrogens is 858 g/mol. The quantitative estimate of drug-likeness (QED) is 0.0264. The Kier molecular flexibility index (Phi) is 51.3. The van der Waals surface area contributed by atoms with E-state index in [-0.39, 0.29) is 38.6 Å². The van der Waals surface area contributed by atoms with Crippen molar-refractivity contribution in [2.45, 2.75) is 264 Å². The predicted molar refractivity (Wildman–Crippen MR) is 284 cm³/mol. The highest BCUT2D eigenvalue weighted by Crippen LogP contribution is 2.43. The number of hydrogen-bond acceptors (Lipinski definition) is 8. The van der Waals surface area contributed by atoms with Crippen LogP contribution in [0.15, 0.2) is 60.8 Å². The van der Waals surface area contributed by atoms with Crippen LogP contribution >= 0.6 is 7.82 Å². The molecule has 0 aromatic heterocycles. The van der Waals surface area contributed by atoms with E-state index in [1.807, 2.05) is 0 Å². The van der Waals surface area contributed by atoms with Crippen LogP contribution in [-0.4, -0.2) is 49.3 Å². The minimum absolute atomic E-state index is 0.0546. The van der Waals surface area contributed by atoms with Gasteiger partial charge in [0.05, 0.1) is 13.2 Å². The zero-order valence-corrected chi connectivity index (χ0v) is 44.3. The highest BCUT2D eigenvalue weighted by atomic mass is 31.2. The molecule has 0 aliphatic rings. The highest BCUT2D eigenvalue weighted by molar-refractivity contribution is 7.47. The Morgan fingerprint density at radius 3 is 1.22 bits per heavy atom. The van der Waals surface area contributed by atoms with Gasteiger partial charge in [-0.1, -0.05) is 248 Å². The van der Waals surface area contributed by atoms with Crippen LogP contribution in [0.3, 0.4) is 0 Å². The minimum atomic E-state index is -4.38. The number of nitrogens with two attached hydrogens (primary N) is 1. The Hall–Kier alpha value is -2.29. The third-order valence-corrected chi connectivity index (χ3v) is 12.9. The van der Waals surface area contributed by atoms with Crippen LogP contribution in [0.5, 0.6) is 0 Å². The molecule has 0 fully saturated rings. The number of hydrogen-bond donors (Lipinski definition) is 2. The summed E-state index contributed by atoms with van der Waals surface area (Å²) in [6.45, 7) is 3.64. The van der Waals surface area contributed by atoms with Crippen molar-refractivity contribution in [3.63, 3.8) is 0 Å². The summed E-state index contributed by atoms with van der Waals surface area (Å²) in [7, 11) is -4.38. The van der Waals surface area contributed by atoms with Crippen molar-refractivity contribution >= 4 is 19.8 Å². The lowest BCUT2D eigenvalue weighted by molar-refractivity contribution is -0.161. The second-order valence-corrected chi connectivity index (χ2v) is 19.9. The van der Waals surface area contributed by atoms with Gasteiger partial charge in [-0.05, 0) is 57.8 Å². The number of unbranched alkanes of at least 4 members (excludes halogenated alkanes) is 29. The monoisotopic (exact) mass is 962 g/mol. The van der Waals surface area contributed by atoms with Crippen molar-refractivity contribution in [1.82, 2.24) is 0 Å². The van der Waals surface area contributed by atoms with E-state index in [2.05, 4.69) is 74.6 Å². The Balaban J connectivity index is 3.82. The molecule has 0 spiro atoms. The van der Waals surface area contributed by atoms with Crippen molar-refractivity contribution in [1.29, 1.82) is 0 Å². The van der Waals surface area contributed by atoms with E-state index in [4.69, 9.17) is 24.3 Å². The molecule has 10 heteroatoms. The Morgan fingerprint density at radius 1 is 0.463 bits per heavy atom. The molecule has 0 aromatic carbocycles. The van der Waals surface area contributed by atoms with Crippen LogP contribution in [0, 0.1) is 0 Å². The molecule has 9 nitrogen and oxygen atoms in total. The van der Waals surface area contributed by atoms with Crippen LogP contribution in [-0.2, 0) is 32.7 Å². The fourth-order valence-corrected chi connectivity index (χ4v) is 8.61. The van der Waals surface area contributed by atoms with Gasteiger partial charge in [-0.2, -0.15) is 0 Å². The fourth-order valence-electron chi connectivity index (χ4n) is 7.84. The summed E-state index contributed by atoms with van der Waals surface area (Å²) in [5.74, 6) is -0.819. The summed E-state index contributed by atoms with van der Waals surface area (Å²) in [6.07, 6.45) is 65.8. The zero-order valence-electron chi connectivity index (χ0n) is 43.4. The van der Waals surface area contributed by atoms with Crippen molar-refractivity contribution in [3.05, 3.63) is 60.8 Å². The predicted octanol–water partition coefficient (Wildman–Crippen LogP) is 17.2. The molecule has 0 rings (SSSR count). The molecule has 3 N–H and O–H groups in total. The van der Waals surface area contributed by atoms with Crippen LogP contribution < -0.4 is 5.73 Å². The maximum atomic E-state index is 12.7. The Labute approximate surface area is 412 Å². The van der Waals surface area contributed by atoms with Gasteiger partial charge in [0.1, 0.15) is 6.61 Å². The molecular formula is C57H104NO8P. The third-order valence-electron chi connectivity index (χ3n) is 11.9. The Bertz CT molecular complexity index is 1280. The molecule has 2 unspecified atom stereocenters. The van der Waals surface area contributed by atoms with E-state index in [1.165, 1.54) is 161 Å². The summed E-state index contributed by atoms with van der Waals surface area (Å²) in [4.78, 5) is 35.0. The average molecular weight is 962 g/mol. The first-order valence-electron chi connectivity index (χ1n) is 27.8. The molecule has 0 aromatic rings. The number of allylic oxidation sites excluding steroid dienone is 10. The molecule has 0 saturated carbocycles. The lowest BCUT2D eigenvalue weighted by Crippen LogP contribution is -2.29. The van der Waals surface area contributed by atoms with E-state index in [0.29, 0.717) is 6.42 Å². The van der Waals surface area contributed by atoms with Crippen LogP contribution in [0.1, 0.15) is 258 Å². The first-order chi connectivity index (χ1) is 32.8. The first-order valence-corrected chi connectivity index (χ1v) is 29.3. The summed E-state index contributed by atoms with van der Waals surface area (Å²) < 4.78 is 32.9. The molecule has 0 radical (unpaired) electrons. The van der Waals surface area contributed by atoms with E-state index in [1.54, 1.807) is 0 Å². The fraction of sp³-hybridized carbons (Fsp3) is 0.789. The van der Waals surface area contributed by atoms with E-state index in [0.717, 1.165) is 64.2 Å². The van der Waals surface area contributed by atoms with Gasteiger partial charge in [0.2, 0.25) is 0 Å². The average Bonchev–Trinajstić information content (AvgIpc) is 3.32. The number of carbonyl (C=O) groups is 2. The molecule has 0 aliphatic heterocycles. The maximum Gasteiger partial charge on any atom is 0.472 e. The topological polar surface area (TPSA) is 134 Å². The summed E-state index contributed by atoms with van der Waals surface area (Å²) in [6, 6.07) is 0. The van der Waals surface area contributed by atoms with Crippen molar-refractivity contribution < 1.29 is 37.6 Å². The van der Waals surface area contributed by atoms with Crippen LogP contribution in [0.2, 0.25) is 0 Å². The summed E-state index contributed by atoms with van der Waals surface area (Å²) >= 11 is 0.